The highest BCUT2D eigenvalue weighted by molar-refractivity contribution is 5.79. The molecule has 1 aliphatic heterocycles. The van der Waals surface area contributed by atoms with Gasteiger partial charge in [-0.2, -0.15) is 0 Å². The molecule has 2 nitrogen and oxygen atoms in total. The SMILES string of the molecule is CCC1NC(=O)CC1C(C)(C)C. The van der Waals surface area contributed by atoms with Crippen LogP contribution in [0.25, 0.3) is 0 Å². The summed E-state index contributed by atoms with van der Waals surface area (Å²) >= 11 is 0. The molecule has 0 bridgehead atoms. The molecule has 1 rings (SSSR count). The Bertz CT molecular complexity index is 181. The van der Waals surface area contributed by atoms with E-state index >= 15 is 0 Å². The standard InChI is InChI=1S/C10H19NO/c1-5-8-7(10(2,3)4)6-9(12)11-8/h7-8H,5-6H2,1-4H3,(H,11,12). The van der Waals surface area contributed by atoms with E-state index in [4.69, 9.17) is 0 Å². The molecule has 0 radical (unpaired) electrons. The molecule has 1 aliphatic rings. The molecule has 1 N–H and O–H groups in total. The Kier molecular flexibility index (Phi) is 2.45. The van der Waals surface area contributed by atoms with Gasteiger partial charge in [0.15, 0.2) is 0 Å². The van der Waals surface area contributed by atoms with Crippen LogP contribution in [0.5, 0.6) is 0 Å². The van der Waals surface area contributed by atoms with Crippen molar-refractivity contribution in [3.8, 4) is 0 Å². The van der Waals surface area contributed by atoms with Crippen LogP contribution < -0.4 is 5.32 Å². The average Bonchev–Trinajstić information content (AvgIpc) is 2.29. The van der Waals surface area contributed by atoms with E-state index in [1.807, 2.05) is 0 Å². The first kappa shape index (κ1) is 9.56. The van der Waals surface area contributed by atoms with E-state index in [1.54, 1.807) is 0 Å². The lowest BCUT2D eigenvalue weighted by molar-refractivity contribution is -0.119. The average molecular weight is 169 g/mol. The number of nitrogens with one attached hydrogen (secondary N) is 1. The van der Waals surface area contributed by atoms with Gasteiger partial charge in [0.1, 0.15) is 0 Å². The monoisotopic (exact) mass is 169 g/mol. The highest BCUT2D eigenvalue weighted by atomic mass is 16.2. The lowest BCUT2D eigenvalue weighted by Gasteiger charge is -2.30. The zero-order chi connectivity index (χ0) is 9.35. The lowest BCUT2D eigenvalue weighted by Crippen LogP contribution is -2.34. The molecule has 12 heavy (non-hydrogen) atoms. The molecule has 0 spiro atoms. The summed E-state index contributed by atoms with van der Waals surface area (Å²) in [5.74, 6) is 0.733. The molecule has 1 saturated heterocycles. The first-order chi connectivity index (χ1) is 5.45. The summed E-state index contributed by atoms with van der Waals surface area (Å²) in [6.07, 6.45) is 1.76. The number of carbonyl (C=O) groups is 1. The largest absolute Gasteiger partial charge is 0.353 e. The Balaban J connectivity index is 2.70. The molecule has 2 heteroatoms. The zero-order valence-corrected chi connectivity index (χ0v) is 8.48. The number of rotatable bonds is 1. The van der Waals surface area contributed by atoms with Gasteiger partial charge < -0.3 is 5.32 Å². The second-order valence-electron chi connectivity index (χ2n) is 4.76. The van der Waals surface area contributed by atoms with E-state index in [1.165, 1.54) is 0 Å². The molecular formula is C10H19NO. The van der Waals surface area contributed by atoms with Gasteiger partial charge in [-0.3, -0.25) is 4.79 Å². The van der Waals surface area contributed by atoms with Gasteiger partial charge in [0, 0.05) is 12.5 Å². The Morgan fingerprint density at radius 2 is 2.08 bits per heavy atom. The quantitative estimate of drug-likeness (QED) is 0.638. The van der Waals surface area contributed by atoms with Crippen LogP contribution in [0.1, 0.15) is 40.5 Å². The summed E-state index contributed by atoms with van der Waals surface area (Å²) in [5, 5.41) is 3.02. The molecule has 1 amide bonds. The molecule has 0 aromatic carbocycles. The summed E-state index contributed by atoms with van der Waals surface area (Å²) < 4.78 is 0. The minimum absolute atomic E-state index is 0.224. The van der Waals surface area contributed by atoms with Crippen molar-refractivity contribution in [3.05, 3.63) is 0 Å². The Hall–Kier alpha value is -0.530. The van der Waals surface area contributed by atoms with Crippen molar-refractivity contribution in [2.45, 2.75) is 46.6 Å². The maximum atomic E-state index is 11.2. The van der Waals surface area contributed by atoms with Crippen molar-refractivity contribution in [1.82, 2.24) is 5.32 Å². The van der Waals surface area contributed by atoms with Crippen LogP contribution in [-0.2, 0) is 4.79 Å². The molecule has 1 fully saturated rings. The van der Waals surface area contributed by atoms with Crippen LogP contribution in [0.2, 0.25) is 0 Å². The Morgan fingerprint density at radius 1 is 1.50 bits per heavy atom. The summed E-state index contributed by atoms with van der Waals surface area (Å²) in [6, 6.07) is 0.400. The van der Waals surface area contributed by atoms with Crippen LogP contribution >= 0.6 is 0 Å². The van der Waals surface area contributed by atoms with Crippen molar-refractivity contribution in [2.75, 3.05) is 0 Å². The van der Waals surface area contributed by atoms with Crippen LogP contribution in [0.4, 0.5) is 0 Å². The number of hydrogen-bond donors (Lipinski definition) is 1. The van der Waals surface area contributed by atoms with Crippen molar-refractivity contribution >= 4 is 5.91 Å². The molecular weight excluding hydrogens is 150 g/mol. The van der Waals surface area contributed by atoms with E-state index in [2.05, 4.69) is 33.0 Å². The normalized spacial score (nSPS) is 30.5. The highest BCUT2D eigenvalue weighted by Crippen LogP contribution is 2.35. The third kappa shape index (κ3) is 1.79. The van der Waals surface area contributed by atoms with Crippen LogP contribution in [0.3, 0.4) is 0 Å². The number of hydrogen-bond acceptors (Lipinski definition) is 1. The fourth-order valence-electron chi connectivity index (χ4n) is 2.00. The molecule has 0 aliphatic carbocycles. The van der Waals surface area contributed by atoms with E-state index in [-0.39, 0.29) is 11.3 Å². The van der Waals surface area contributed by atoms with Gasteiger partial charge in [0.05, 0.1) is 0 Å². The molecule has 70 valence electrons. The maximum absolute atomic E-state index is 11.2. The minimum Gasteiger partial charge on any atom is -0.353 e. The Labute approximate surface area is 74.7 Å². The number of carbonyl (C=O) groups excluding carboxylic acids is 1. The second kappa shape index (κ2) is 3.08. The summed E-state index contributed by atoms with van der Waals surface area (Å²) in [7, 11) is 0. The Morgan fingerprint density at radius 3 is 2.42 bits per heavy atom. The van der Waals surface area contributed by atoms with Crippen molar-refractivity contribution in [3.63, 3.8) is 0 Å². The van der Waals surface area contributed by atoms with Gasteiger partial charge >= 0.3 is 0 Å². The van der Waals surface area contributed by atoms with Crippen LogP contribution in [0, 0.1) is 11.3 Å². The smallest absolute Gasteiger partial charge is 0.220 e. The van der Waals surface area contributed by atoms with Gasteiger partial charge in [-0.15, -0.1) is 0 Å². The van der Waals surface area contributed by atoms with E-state index in [9.17, 15) is 4.79 Å². The number of amides is 1. The van der Waals surface area contributed by atoms with Gasteiger partial charge in [-0.25, -0.2) is 0 Å². The third-order valence-corrected chi connectivity index (χ3v) is 2.79. The third-order valence-electron chi connectivity index (χ3n) is 2.79. The minimum atomic E-state index is 0.224. The lowest BCUT2D eigenvalue weighted by atomic mass is 9.76. The molecule has 2 atom stereocenters. The van der Waals surface area contributed by atoms with Crippen molar-refractivity contribution in [1.29, 1.82) is 0 Å². The molecule has 0 aromatic heterocycles. The first-order valence-electron chi connectivity index (χ1n) is 4.74. The maximum Gasteiger partial charge on any atom is 0.220 e. The summed E-state index contributed by atoms with van der Waals surface area (Å²) in [6.45, 7) is 8.76. The van der Waals surface area contributed by atoms with Crippen LogP contribution in [0.15, 0.2) is 0 Å². The fourth-order valence-corrected chi connectivity index (χ4v) is 2.00. The predicted molar refractivity (Wildman–Crippen MR) is 49.8 cm³/mol. The summed E-state index contributed by atoms with van der Waals surface area (Å²) in [5.41, 5.74) is 0.250. The van der Waals surface area contributed by atoms with E-state index < -0.39 is 0 Å². The van der Waals surface area contributed by atoms with Gasteiger partial charge in [-0.1, -0.05) is 27.7 Å². The van der Waals surface area contributed by atoms with Gasteiger partial charge in [-0.05, 0) is 17.8 Å². The molecule has 1 heterocycles. The molecule has 0 aromatic rings. The highest BCUT2D eigenvalue weighted by Gasteiger charge is 2.38. The molecule has 0 saturated carbocycles. The summed E-state index contributed by atoms with van der Waals surface area (Å²) in [4.78, 5) is 11.2. The zero-order valence-electron chi connectivity index (χ0n) is 8.48. The molecule has 2 unspecified atom stereocenters. The van der Waals surface area contributed by atoms with Gasteiger partial charge in [0.25, 0.3) is 0 Å². The second-order valence-corrected chi connectivity index (χ2v) is 4.76. The first-order valence-corrected chi connectivity index (χ1v) is 4.74. The van der Waals surface area contributed by atoms with E-state index in [0.29, 0.717) is 18.4 Å². The predicted octanol–water partition coefficient (Wildman–Crippen LogP) is 1.95. The van der Waals surface area contributed by atoms with Crippen molar-refractivity contribution in [2.24, 2.45) is 11.3 Å². The fraction of sp³-hybridized carbons (Fsp3) is 0.900. The van der Waals surface area contributed by atoms with Crippen molar-refractivity contribution < 1.29 is 4.79 Å². The topological polar surface area (TPSA) is 29.1 Å². The van der Waals surface area contributed by atoms with Crippen LogP contribution in [-0.4, -0.2) is 11.9 Å². The van der Waals surface area contributed by atoms with E-state index in [0.717, 1.165) is 6.42 Å². The van der Waals surface area contributed by atoms with Gasteiger partial charge in [0.2, 0.25) is 5.91 Å².